The quantitative estimate of drug-likeness (QED) is 0.121. The van der Waals surface area contributed by atoms with E-state index in [0.717, 1.165) is 0 Å². The van der Waals surface area contributed by atoms with Gasteiger partial charge in [0.15, 0.2) is 69.3 Å². The molecule has 2 aromatic rings. The number of likely N-dealkylation sites (N-methyl/N-ethyl adjacent to an activating group) is 1. The Morgan fingerprint density at radius 3 is 1.60 bits per heavy atom. The van der Waals surface area contributed by atoms with Crippen molar-refractivity contribution in [1.82, 2.24) is 4.90 Å². The van der Waals surface area contributed by atoms with Crippen molar-refractivity contribution in [3.63, 3.8) is 0 Å². The highest BCUT2D eigenvalue weighted by Gasteiger charge is 2.70. The Morgan fingerprint density at radius 1 is 0.662 bits per heavy atom. The Labute approximate surface area is 371 Å². The van der Waals surface area contributed by atoms with Gasteiger partial charge in [-0.05, 0) is 99.8 Å². The van der Waals surface area contributed by atoms with Crippen molar-refractivity contribution in [1.29, 1.82) is 0 Å². The molecule has 4 unspecified atom stereocenters. The fraction of sp³-hybridized carbons (Fsp3) is 0.458. The number of phenols is 2. The minimum absolute atomic E-state index is 0.0407. The SMILES string of the molecule is CN(C)[C@@H]1C(=O)C(C(N)=O)C(=O)[C@@]2(O)C(=O)C3C(=O)c4c(O)ccc(C#CCCCCC#Cc5ccc(O)c6c5C[C@H]5C[C@H]7CC(=O)C(C(N)=O)C(=O)[C@@]7(O)C(=O)C5C6=O)c4C[C@H]3C[C@@H]12. The van der Waals surface area contributed by atoms with E-state index < -0.39 is 141 Å². The Bertz CT molecular complexity index is 2730. The number of aliphatic hydroxyl groups is 2. The van der Waals surface area contributed by atoms with E-state index in [1.165, 1.54) is 31.1 Å². The fourth-order valence-electron chi connectivity index (χ4n) is 11.5. The number of Topliss-reactive ketones (excluding diaryl/α,β-unsaturated/α-hetero) is 8. The zero-order chi connectivity index (χ0) is 47.2. The number of amides is 2. The lowest BCUT2D eigenvalue weighted by Crippen LogP contribution is -2.74. The maximum absolute atomic E-state index is 14.1. The molecule has 0 saturated heterocycles. The number of primary amides is 2. The second kappa shape index (κ2) is 16.1. The first-order chi connectivity index (χ1) is 30.7. The molecule has 4 saturated carbocycles. The molecule has 17 nitrogen and oxygen atoms in total. The van der Waals surface area contributed by atoms with Gasteiger partial charge in [-0.15, -0.1) is 0 Å². The van der Waals surface area contributed by atoms with Crippen LogP contribution < -0.4 is 11.5 Å². The van der Waals surface area contributed by atoms with E-state index in [1.54, 1.807) is 12.1 Å². The number of nitrogens with two attached hydrogens (primary N) is 2. The van der Waals surface area contributed by atoms with E-state index in [9.17, 15) is 68.4 Å². The molecule has 0 spiro atoms. The van der Waals surface area contributed by atoms with Crippen LogP contribution in [0.25, 0.3) is 0 Å². The molecule has 0 aliphatic heterocycles. The normalized spacial score (nSPS) is 32.4. The molecule has 2 aromatic carbocycles. The Kier molecular flexibility index (Phi) is 11.1. The molecule has 8 rings (SSSR count). The van der Waals surface area contributed by atoms with Crippen molar-refractivity contribution in [2.75, 3.05) is 14.1 Å². The van der Waals surface area contributed by atoms with Crippen molar-refractivity contribution in [2.24, 2.45) is 58.8 Å². The molecule has 65 heavy (non-hydrogen) atoms. The lowest BCUT2D eigenvalue weighted by Gasteiger charge is -2.52. The van der Waals surface area contributed by atoms with Crippen LogP contribution in [0.1, 0.15) is 87.9 Å². The van der Waals surface area contributed by atoms with E-state index in [2.05, 4.69) is 23.7 Å². The molecule has 4 fully saturated rings. The summed E-state index contributed by atoms with van der Waals surface area (Å²) in [6, 6.07) is 4.43. The number of rotatable bonds is 6. The van der Waals surface area contributed by atoms with Crippen molar-refractivity contribution < 1.29 is 68.4 Å². The van der Waals surface area contributed by atoms with E-state index >= 15 is 0 Å². The molecule has 0 aromatic heterocycles. The lowest BCUT2D eigenvalue weighted by atomic mass is 9.52. The number of aromatic hydroxyl groups is 2. The standard InChI is InChI=1S/C48H45N3O14/c1-51(2)37-27-18-23-17-26-21(12-14-29(53)34(26)39(56)32(23)42(59)48(27,65)44(61)36(40(37)57)46(50)63)10-8-6-4-3-5-7-9-20-11-13-28(52)33-25(20)16-22-15-24-19-30(54)35(45(49)62)43(60)47(24,64)41(58)31(22)38(33)55/h11-14,22-24,27,31-32,35-37,52-53,64-65H,3-6,15-19H2,1-2H3,(H2,49,62)(H2,50,63)/t22-,23+,24+,27+,31?,32?,35?,36?,37+,47+,48+/m1/s1. The number of carbonyl (C=O) groups excluding carboxylic acids is 10. The van der Waals surface area contributed by atoms with Crippen molar-refractivity contribution in [2.45, 2.75) is 75.0 Å². The minimum atomic E-state index is -2.82. The number of ketones is 8. The first kappa shape index (κ1) is 44.9. The predicted octanol–water partition coefficient (Wildman–Crippen LogP) is -0.529. The summed E-state index contributed by atoms with van der Waals surface area (Å²) in [5.74, 6) is -10.2. The van der Waals surface area contributed by atoms with Gasteiger partial charge in [0.25, 0.3) is 0 Å². The molecule has 336 valence electrons. The van der Waals surface area contributed by atoms with Crippen LogP contribution in [0.15, 0.2) is 24.3 Å². The number of nitrogens with zero attached hydrogens (tertiary/aromatic N) is 1. The van der Waals surface area contributed by atoms with Gasteiger partial charge in [0, 0.05) is 42.2 Å². The third-order valence-electron chi connectivity index (χ3n) is 14.5. The van der Waals surface area contributed by atoms with Crippen LogP contribution in [0.2, 0.25) is 0 Å². The minimum Gasteiger partial charge on any atom is -0.507 e. The molecule has 0 heterocycles. The van der Waals surface area contributed by atoms with Crippen LogP contribution in [-0.2, 0) is 51.2 Å². The number of fused-ring (bicyclic) bond motifs is 6. The van der Waals surface area contributed by atoms with Crippen LogP contribution in [0.4, 0.5) is 0 Å². The first-order valence-corrected chi connectivity index (χ1v) is 21.4. The van der Waals surface area contributed by atoms with Gasteiger partial charge in [-0.25, -0.2) is 0 Å². The lowest BCUT2D eigenvalue weighted by molar-refractivity contribution is -0.182. The molecule has 2 amide bonds. The summed E-state index contributed by atoms with van der Waals surface area (Å²) in [4.78, 5) is 134. The third kappa shape index (κ3) is 6.66. The van der Waals surface area contributed by atoms with Crippen LogP contribution in [0.5, 0.6) is 11.5 Å². The first-order valence-electron chi connectivity index (χ1n) is 21.4. The van der Waals surface area contributed by atoms with Gasteiger partial charge < -0.3 is 31.9 Å². The van der Waals surface area contributed by atoms with Crippen LogP contribution >= 0.6 is 0 Å². The summed E-state index contributed by atoms with van der Waals surface area (Å²) in [5, 5.41) is 44.8. The Morgan fingerprint density at radius 2 is 1.12 bits per heavy atom. The van der Waals surface area contributed by atoms with Gasteiger partial charge >= 0.3 is 0 Å². The summed E-state index contributed by atoms with van der Waals surface area (Å²) in [7, 11) is 3.02. The number of phenolic OH excluding ortho intramolecular Hbond substituents is 2. The summed E-state index contributed by atoms with van der Waals surface area (Å²) in [6.45, 7) is 0. The van der Waals surface area contributed by atoms with Crippen molar-refractivity contribution >= 4 is 58.1 Å². The van der Waals surface area contributed by atoms with E-state index in [0.29, 0.717) is 47.9 Å². The van der Waals surface area contributed by atoms with Crippen LogP contribution in [0, 0.1) is 71.0 Å². The molecular weight excluding hydrogens is 843 g/mol. The topological polar surface area (TPSA) is 307 Å². The van der Waals surface area contributed by atoms with E-state index in [4.69, 9.17) is 11.5 Å². The molecule has 0 radical (unpaired) electrons. The van der Waals surface area contributed by atoms with Gasteiger partial charge in [0.1, 0.15) is 11.5 Å². The summed E-state index contributed by atoms with van der Waals surface area (Å²) >= 11 is 0. The van der Waals surface area contributed by atoms with Gasteiger partial charge in [0.2, 0.25) is 11.8 Å². The zero-order valence-corrected chi connectivity index (χ0v) is 35.3. The van der Waals surface area contributed by atoms with Crippen molar-refractivity contribution in [3.05, 3.63) is 57.6 Å². The molecule has 0 bridgehead atoms. The molecule has 6 aliphatic rings. The highest BCUT2D eigenvalue weighted by molar-refractivity contribution is 6.33. The van der Waals surface area contributed by atoms with Gasteiger partial charge in [0.05, 0.1) is 29.0 Å². The molecule has 17 heteroatoms. The smallest absolute Gasteiger partial charge is 0.235 e. The van der Waals surface area contributed by atoms with Gasteiger partial charge in [-0.2, -0.15) is 0 Å². The van der Waals surface area contributed by atoms with Crippen molar-refractivity contribution in [3.8, 4) is 35.2 Å². The third-order valence-corrected chi connectivity index (χ3v) is 14.5. The predicted molar refractivity (Wildman–Crippen MR) is 222 cm³/mol. The molecule has 6 aliphatic carbocycles. The monoisotopic (exact) mass is 887 g/mol. The Balaban J connectivity index is 0.947. The molecule has 8 N–H and O–H groups in total. The largest absolute Gasteiger partial charge is 0.507 e. The number of carbonyl (C=O) groups is 10. The fourth-order valence-corrected chi connectivity index (χ4v) is 11.5. The van der Waals surface area contributed by atoms with E-state index in [-0.39, 0.29) is 36.8 Å². The second-order valence-electron chi connectivity index (χ2n) is 18.3. The maximum Gasteiger partial charge on any atom is 0.235 e. The summed E-state index contributed by atoms with van der Waals surface area (Å²) < 4.78 is 0. The number of unbranched alkanes of at least 4 members (excludes halogenated alkanes) is 3. The van der Waals surface area contributed by atoms with Gasteiger partial charge in [-0.1, -0.05) is 23.7 Å². The summed E-state index contributed by atoms with van der Waals surface area (Å²) in [6.07, 6.45) is 1.60. The second-order valence-corrected chi connectivity index (χ2v) is 18.3. The highest BCUT2D eigenvalue weighted by atomic mass is 16.3. The number of benzene rings is 2. The maximum atomic E-state index is 14.1. The molecular formula is C48H45N3O14. The zero-order valence-electron chi connectivity index (χ0n) is 35.3. The van der Waals surface area contributed by atoms with E-state index in [1.807, 2.05) is 0 Å². The summed E-state index contributed by atoms with van der Waals surface area (Å²) in [5.41, 5.74) is 6.44. The number of hydrogen-bond acceptors (Lipinski definition) is 15. The van der Waals surface area contributed by atoms with Gasteiger partial charge in [-0.3, -0.25) is 52.8 Å². The van der Waals surface area contributed by atoms with Crippen LogP contribution in [-0.4, -0.2) is 115 Å². The average Bonchev–Trinajstić information content (AvgIpc) is 3.22. The average molecular weight is 888 g/mol. The van der Waals surface area contributed by atoms with Crippen LogP contribution in [0.3, 0.4) is 0 Å². The molecule has 11 atom stereocenters. The number of hydrogen-bond donors (Lipinski definition) is 6. The Hall–Kier alpha value is -6.66. The highest BCUT2D eigenvalue weighted by Crippen LogP contribution is 2.52.